The molecule has 2 aliphatic rings. The van der Waals surface area contributed by atoms with Gasteiger partial charge in [-0.1, -0.05) is 51.0 Å². The minimum Gasteiger partial charge on any atom is -0.371 e. The molecule has 258 valence electrons. The van der Waals surface area contributed by atoms with E-state index >= 15 is 0 Å². The van der Waals surface area contributed by atoms with Crippen molar-refractivity contribution in [1.29, 1.82) is 0 Å². The van der Waals surface area contributed by atoms with Gasteiger partial charge >= 0.3 is 0 Å². The zero-order valence-corrected chi connectivity index (χ0v) is 30.4. The number of nitrogens with one attached hydrogen (secondary N) is 2. The van der Waals surface area contributed by atoms with Gasteiger partial charge < -0.3 is 25.3 Å². The van der Waals surface area contributed by atoms with Gasteiger partial charge in [-0.2, -0.15) is 0 Å². The molecular weight excluding hydrogens is 586 g/mol. The maximum absolute atomic E-state index is 14.2. The number of piperidine rings is 1. The van der Waals surface area contributed by atoms with Gasteiger partial charge in [-0.15, -0.1) is 0 Å². The van der Waals surface area contributed by atoms with Crippen LogP contribution in [0.25, 0.3) is 11.1 Å². The first-order valence-corrected chi connectivity index (χ1v) is 17.7. The SMILES string of the molecule is CCCCC1(CNC(=O)c2cc(-c3ccc(CN(C)C)cc3)cc(N(C)[C@H]3CC[C@@H](NC(C)=O)CC3)c2C)C(=O)N(C)C(C)CC1C. The quantitative estimate of drug-likeness (QED) is 0.279. The van der Waals surface area contributed by atoms with E-state index < -0.39 is 5.41 Å². The molecule has 3 atom stereocenters. The number of hydrogen-bond donors (Lipinski definition) is 2. The van der Waals surface area contributed by atoms with Gasteiger partial charge in [0.1, 0.15) is 0 Å². The summed E-state index contributed by atoms with van der Waals surface area (Å²) in [7, 11) is 8.18. The predicted molar refractivity (Wildman–Crippen MR) is 193 cm³/mol. The molecule has 1 aliphatic carbocycles. The van der Waals surface area contributed by atoms with Crippen molar-refractivity contribution in [2.24, 2.45) is 11.3 Å². The summed E-state index contributed by atoms with van der Waals surface area (Å²) in [4.78, 5) is 46.1. The van der Waals surface area contributed by atoms with Crippen LogP contribution in [0, 0.1) is 18.3 Å². The third-order valence-corrected chi connectivity index (χ3v) is 11.0. The van der Waals surface area contributed by atoms with E-state index in [9.17, 15) is 14.4 Å². The highest BCUT2D eigenvalue weighted by Gasteiger charge is 2.49. The summed E-state index contributed by atoms with van der Waals surface area (Å²) in [6.45, 7) is 11.3. The van der Waals surface area contributed by atoms with Crippen molar-refractivity contribution >= 4 is 23.4 Å². The van der Waals surface area contributed by atoms with Gasteiger partial charge in [0.25, 0.3) is 5.91 Å². The van der Waals surface area contributed by atoms with E-state index in [1.54, 1.807) is 6.92 Å². The topological polar surface area (TPSA) is 85.0 Å². The van der Waals surface area contributed by atoms with E-state index in [1.807, 2.05) is 24.9 Å². The molecule has 1 saturated carbocycles. The van der Waals surface area contributed by atoms with Gasteiger partial charge in [-0.05, 0) is 107 Å². The molecule has 8 heteroatoms. The Morgan fingerprint density at radius 1 is 1.00 bits per heavy atom. The van der Waals surface area contributed by atoms with E-state index in [0.29, 0.717) is 18.2 Å². The Bertz CT molecular complexity index is 1400. The second-order valence-electron chi connectivity index (χ2n) is 14.8. The summed E-state index contributed by atoms with van der Waals surface area (Å²) < 4.78 is 0. The normalized spacial score (nSPS) is 24.7. The first-order valence-electron chi connectivity index (χ1n) is 17.7. The van der Waals surface area contributed by atoms with Gasteiger partial charge in [-0.3, -0.25) is 14.4 Å². The molecule has 8 nitrogen and oxygen atoms in total. The third-order valence-electron chi connectivity index (χ3n) is 11.0. The Morgan fingerprint density at radius 2 is 1.66 bits per heavy atom. The van der Waals surface area contributed by atoms with Crippen molar-refractivity contribution in [2.45, 2.75) is 111 Å². The van der Waals surface area contributed by atoms with Crippen LogP contribution in [-0.2, 0) is 16.1 Å². The fourth-order valence-corrected chi connectivity index (χ4v) is 7.90. The van der Waals surface area contributed by atoms with Gasteiger partial charge in [0.2, 0.25) is 11.8 Å². The molecule has 0 aromatic heterocycles. The van der Waals surface area contributed by atoms with E-state index in [1.165, 1.54) is 5.56 Å². The third kappa shape index (κ3) is 8.37. The highest BCUT2D eigenvalue weighted by molar-refractivity contribution is 5.99. The monoisotopic (exact) mass is 645 g/mol. The van der Waals surface area contributed by atoms with Crippen molar-refractivity contribution < 1.29 is 14.4 Å². The average Bonchev–Trinajstić information content (AvgIpc) is 3.03. The van der Waals surface area contributed by atoms with E-state index in [2.05, 4.69) is 92.7 Å². The summed E-state index contributed by atoms with van der Waals surface area (Å²) in [6.07, 6.45) is 7.47. The summed E-state index contributed by atoms with van der Waals surface area (Å²) in [6, 6.07) is 13.6. The van der Waals surface area contributed by atoms with Gasteiger partial charge in [0, 0.05) is 63.5 Å². The van der Waals surface area contributed by atoms with Crippen LogP contribution in [0.2, 0.25) is 0 Å². The fraction of sp³-hybridized carbons (Fsp3) is 0.615. The molecule has 47 heavy (non-hydrogen) atoms. The molecule has 2 aromatic carbocycles. The number of rotatable bonds is 12. The molecule has 0 spiro atoms. The van der Waals surface area contributed by atoms with Crippen LogP contribution in [0.1, 0.15) is 101 Å². The summed E-state index contributed by atoms with van der Waals surface area (Å²) in [5.41, 5.74) is 5.34. The smallest absolute Gasteiger partial charge is 0.251 e. The lowest BCUT2D eigenvalue weighted by Crippen LogP contribution is -2.59. The molecule has 0 bridgehead atoms. The molecule has 1 saturated heterocycles. The molecule has 1 heterocycles. The number of unbranched alkanes of at least 4 members (excludes halogenated alkanes) is 1. The van der Waals surface area contributed by atoms with Crippen LogP contribution in [-0.4, -0.2) is 80.4 Å². The molecule has 3 amide bonds. The number of hydrogen-bond acceptors (Lipinski definition) is 5. The molecular formula is C39H59N5O3. The molecule has 2 fully saturated rings. The van der Waals surface area contributed by atoms with Gasteiger partial charge in [0.15, 0.2) is 0 Å². The van der Waals surface area contributed by atoms with Gasteiger partial charge in [0.05, 0.1) is 5.41 Å². The largest absolute Gasteiger partial charge is 0.371 e. The van der Waals surface area contributed by atoms with Crippen molar-refractivity contribution in [1.82, 2.24) is 20.4 Å². The fourth-order valence-electron chi connectivity index (χ4n) is 7.90. The van der Waals surface area contributed by atoms with Crippen LogP contribution >= 0.6 is 0 Å². The van der Waals surface area contributed by atoms with Crippen molar-refractivity contribution in [3.63, 3.8) is 0 Å². The Hall–Kier alpha value is -3.39. The molecule has 0 radical (unpaired) electrons. The minimum atomic E-state index is -0.604. The van der Waals surface area contributed by atoms with Crippen LogP contribution in [0.5, 0.6) is 0 Å². The van der Waals surface area contributed by atoms with Gasteiger partial charge in [-0.25, -0.2) is 0 Å². The summed E-state index contributed by atoms with van der Waals surface area (Å²) >= 11 is 0. The minimum absolute atomic E-state index is 0.0274. The van der Waals surface area contributed by atoms with Crippen molar-refractivity contribution in [2.75, 3.05) is 39.6 Å². The Balaban J connectivity index is 1.67. The van der Waals surface area contributed by atoms with E-state index in [4.69, 9.17) is 0 Å². The zero-order chi connectivity index (χ0) is 34.5. The Labute approximate surface area is 283 Å². The maximum atomic E-state index is 14.2. The Morgan fingerprint density at radius 3 is 2.26 bits per heavy atom. The number of carbonyl (C=O) groups is 3. The molecule has 3 unspecified atom stereocenters. The molecule has 4 rings (SSSR count). The molecule has 2 aromatic rings. The van der Waals surface area contributed by atoms with Crippen molar-refractivity contribution in [3.8, 4) is 11.1 Å². The number of nitrogens with zero attached hydrogens (tertiary/aromatic N) is 3. The zero-order valence-electron chi connectivity index (χ0n) is 30.4. The lowest BCUT2D eigenvalue weighted by molar-refractivity contribution is -0.153. The van der Waals surface area contributed by atoms with E-state index in [-0.39, 0.29) is 35.7 Å². The lowest BCUT2D eigenvalue weighted by atomic mass is 9.66. The predicted octanol–water partition coefficient (Wildman–Crippen LogP) is 6.40. The maximum Gasteiger partial charge on any atom is 0.251 e. The molecule has 2 N–H and O–H groups in total. The number of carbonyl (C=O) groups excluding carboxylic acids is 3. The summed E-state index contributed by atoms with van der Waals surface area (Å²) in [5, 5.41) is 6.37. The van der Waals surface area contributed by atoms with Crippen LogP contribution in [0.4, 0.5) is 5.69 Å². The number of anilines is 1. The average molecular weight is 646 g/mol. The highest BCUT2D eigenvalue weighted by Crippen LogP contribution is 2.42. The number of likely N-dealkylation sites (tertiary alicyclic amines) is 1. The second-order valence-corrected chi connectivity index (χ2v) is 14.8. The van der Waals surface area contributed by atoms with Crippen LogP contribution in [0.3, 0.4) is 0 Å². The van der Waals surface area contributed by atoms with Crippen LogP contribution in [0.15, 0.2) is 36.4 Å². The Kier molecular flexibility index (Phi) is 12.2. The first kappa shape index (κ1) is 36.4. The molecule has 1 aliphatic heterocycles. The van der Waals surface area contributed by atoms with E-state index in [0.717, 1.165) is 80.3 Å². The second kappa shape index (κ2) is 15.7. The number of amides is 3. The summed E-state index contributed by atoms with van der Waals surface area (Å²) in [5.74, 6) is 0.223. The first-order chi connectivity index (χ1) is 22.3. The van der Waals surface area contributed by atoms with Crippen LogP contribution < -0.4 is 15.5 Å². The lowest BCUT2D eigenvalue weighted by Gasteiger charge is -2.48. The number of benzene rings is 2. The van der Waals surface area contributed by atoms with Crippen molar-refractivity contribution in [3.05, 3.63) is 53.1 Å². The highest BCUT2D eigenvalue weighted by atomic mass is 16.2. The standard InChI is InChI=1S/C39H59N5O3/c1-10-11-20-39(26(2)21-27(3)43(8)38(39)47)25-40-37(46)35-22-32(31-14-12-30(13-15-31)24-42(6)7)23-36(28(35)4)44(9)34-18-16-33(17-19-34)41-29(5)45/h12-15,22-23,26-27,33-34H,10-11,16-21,24-25H2,1-9H3,(H,40,46)(H,41,45)/t26?,27?,33-,34+,39?.